The zero-order valence-corrected chi connectivity index (χ0v) is 27.6. The van der Waals surface area contributed by atoms with Crippen LogP contribution in [0.1, 0.15) is 115 Å². The van der Waals surface area contributed by atoms with Crippen LogP contribution in [0.2, 0.25) is 0 Å². The molecule has 2 N–H and O–H groups in total. The summed E-state index contributed by atoms with van der Waals surface area (Å²) in [5, 5.41) is 32.2. The Bertz CT molecular complexity index is 1050. The second kappa shape index (κ2) is 10.8. The maximum atomic E-state index is 10.5. The zero-order valence-electron chi connectivity index (χ0n) is 24.5. The summed E-state index contributed by atoms with van der Waals surface area (Å²) in [6.07, 6.45) is 14.1. The van der Waals surface area contributed by atoms with E-state index in [0.29, 0.717) is 5.41 Å². The Morgan fingerprint density at radius 1 is 0.946 bits per heavy atom. The van der Waals surface area contributed by atoms with Gasteiger partial charge in [-0.25, -0.2) is 0 Å². The molecule has 37 heavy (non-hydrogen) atoms. The number of allylic oxidation sites excluding steroid dienone is 2. The van der Waals surface area contributed by atoms with Crippen LogP contribution in [0.15, 0.2) is 17.7 Å². The first kappa shape index (κ1) is 30.1. The zero-order chi connectivity index (χ0) is 26.0. The molecule has 4 nitrogen and oxygen atoms in total. The van der Waals surface area contributed by atoms with Crippen molar-refractivity contribution < 1.29 is 61.6 Å². The third kappa shape index (κ3) is 4.95. The van der Waals surface area contributed by atoms with Crippen LogP contribution in [0.25, 0.3) is 0 Å². The van der Waals surface area contributed by atoms with Gasteiger partial charge >= 0.3 is 51.4 Å². The van der Waals surface area contributed by atoms with Gasteiger partial charge in [-0.15, -0.1) is 0 Å². The summed E-state index contributed by atoms with van der Waals surface area (Å²) in [5.41, 5.74) is 5.76. The normalized spacial score (nSPS) is 40.6. The molecule has 0 spiro atoms. The molecule has 0 amide bonds. The van der Waals surface area contributed by atoms with Gasteiger partial charge in [-0.1, -0.05) is 52.7 Å². The number of hydrogen-bond acceptors (Lipinski definition) is 4. The van der Waals surface area contributed by atoms with Crippen LogP contribution in [-0.4, -0.2) is 28.4 Å². The van der Waals surface area contributed by atoms with E-state index < -0.39 is 0 Å². The van der Waals surface area contributed by atoms with Crippen molar-refractivity contribution in [1.82, 2.24) is 5.06 Å². The maximum absolute atomic E-state index is 10.5. The fraction of sp³-hybridized carbons (Fsp3) is 0.750. The van der Waals surface area contributed by atoms with E-state index in [1.165, 1.54) is 49.7 Å². The summed E-state index contributed by atoms with van der Waals surface area (Å²) in [6.45, 7) is 15.8. The smallest absolute Gasteiger partial charge is 0.785 e. The molecule has 5 heteroatoms. The number of phenolic OH excluding ortho intramolecular Hbond substituents is 2. The van der Waals surface area contributed by atoms with Crippen LogP contribution >= 0.6 is 0 Å². The fourth-order valence-electron chi connectivity index (χ4n) is 9.32. The monoisotopic (exact) mass is 533 g/mol. The molecule has 1 aliphatic heterocycles. The molecule has 1 aromatic carbocycles. The van der Waals surface area contributed by atoms with E-state index in [1.807, 2.05) is 13.0 Å². The molecule has 1 aromatic rings. The van der Waals surface area contributed by atoms with E-state index in [-0.39, 0.29) is 79.6 Å². The van der Waals surface area contributed by atoms with Crippen molar-refractivity contribution in [3.63, 3.8) is 0 Å². The number of phenols is 2. The Labute approximate surface area is 267 Å². The summed E-state index contributed by atoms with van der Waals surface area (Å²) in [7, 11) is 0. The third-order valence-electron chi connectivity index (χ3n) is 11.5. The van der Waals surface area contributed by atoms with Crippen molar-refractivity contribution >= 4 is 0 Å². The molecule has 1 heterocycles. The average molecular weight is 534 g/mol. The van der Waals surface area contributed by atoms with Crippen LogP contribution in [0.5, 0.6) is 11.5 Å². The minimum Gasteiger partial charge on any atom is -0.785 e. The fourth-order valence-corrected chi connectivity index (χ4v) is 9.32. The maximum Gasteiger partial charge on any atom is 1.00 e. The number of nitrogens with zero attached hydrogens (tertiary/aromatic N) is 1. The molecular formula is C32H48KNO3. The molecule has 4 aliphatic carbocycles. The molecule has 7 unspecified atom stereocenters. The van der Waals surface area contributed by atoms with Crippen LogP contribution in [0, 0.1) is 40.7 Å². The Kier molecular flexibility index (Phi) is 8.81. The van der Waals surface area contributed by atoms with Crippen LogP contribution < -0.4 is 51.4 Å². The molecule has 0 aromatic heterocycles. The van der Waals surface area contributed by atoms with Gasteiger partial charge in [0.15, 0.2) is 11.5 Å². The average Bonchev–Trinajstić information content (AvgIpc) is 3.31. The number of hydroxylamine groups is 2. The van der Waals surface area contributed by atoms with Crippen LogP contribution in [-0.2, 0) is 5.41 Å². The molecule has 5 aliphatic rings. The van der Waals surface area contributed by atoms with Gasteiger partial charge in [0.25, 0.3) is 0 Å². The summed E-state index contributed by atoms with van der Waals surface area (Å²) >= 11 is 0. The number of benzene rings is 1. The SMILES string of the molecule is Cc1c(O)c(O)cc2c1C(C)C=C1C2(C)CCC2C3CC(C)CCC3(C)CCC12C.[K+].[O-]N1CCCC1. The van der Waals surface area contributed by atoms with Crippen molar-refractivity contribution in [2.24, 2.45) is 28.6 Å². The number of hydrogen-bond donors (Lipinski definition) is 2. The Morgan fingerprint density at radius 2 is 1.62 bits per heavy atom. The van der Waals surface area contributed by atoms with Gasteiger partial charge in [0.05, 0.1) is 0 Å². The summed E-state index contributed by atoms with van der Waals surface area (Å²) in [6, 6.07) is 1.89. The first-order chi connectivity index (χ1) is 16.9. The first-order valence-corrected chi connectivity index (χ1v) is 14.6. The molecular weight excluding hydrogens is 485 g/mol. The van der Waals surface area contributed by atoms with Gasteiger partial charge in [0.2, 0.25) is 0 Å². The minimum atomic E-state index is -0.0307. The largest absolute Gasteiger partial charge is 1.00 e. The van der Waals surface area contributed by atoms with E-state index in [1.54, 1.807) is 5.57 Å². The predicted octanol–water partition coefficient (Wildman–Crippen LogP) is 4.94. The van der Waals surface area contributed by atoms with E-state index in [4.69, 9.17) is 0 Å². The molecule has 6 rings (SSSR count). The molecule has 0 radical (unpaired) electrons. The Morgan fingerprint density at radius 3 is 2.24 bits per heavy atom. The number of fused-ring (bicyclic) bond motifs is 7. The first-order valence-electron chi connectivity index (χ1n) is 14.6. The molecule has 200 valence electrons. The summed E-state index contributed by atoms with van der Waals surface area (Å²) in [4.78, 5) is 0. The van der Waals surface area contributed by atoms with Gasteiger partial charge in [0.1, 0.15) is 0 Å². The quantitative estimate of drug-likeness (QED) is 0.282. The van der Waals surface area contributed by atoms with Gasteiger partial charge in [-0.3, -0.25) is 0 Å². The molecule has 1 saturated heterocycles. The van der Waals surface area contributed by atoms with Gasteiger partial charge in [-0.2, -0.15) is 0 Å². The van der Waals surface area contributed by atoms with Crippen molar-refractivity contribution in [2.75, 3.05) is 13.1 Å². The molecule has 3 saturated carbocycles. The van der Waals surface area contributed by atoms with Crippen molar-refractivity contribution in [3.8, 4) is 11.5 Å². The van der Waals surface area contributed by atoms with Crippen LogP contribution in [0.4, 0.5) is 0 Å². The van der Waals surface area contributed by atoms with E-state index in [0.717, 1.165) is 60.7 Å². The second-order valence-corrected chi connectivity index (χ2v) is 13.9. The van der Waals surface area contributed by atoms with E-state index in [9.17, 15) is 15.4 Å². The minimum absolute atomic E-state index is 0. The topological polar surface area (TPSA) is 66.8 Å². The number of aromatic hydroxyl groups is 2. The van der Waals surface area contributed by atoms with E-state index in [2.05, 4.69) is 40.7 Å². The van der Waals surface area contributed by atoms with Gasteiger partial charge in [-0.05, 0) is 129 Å². The Balaban J connectivity index is 0.000000404. The molecule has 7 atom stereocenters. The third-order valence-corrected chi connectivity index (χ3v) is 11.5. The van der Waals surface area contributed by atoms with Gasteiger partial charge in [0, 0.05) is 5.41 Å². The number of rotatable bonds is 0. The predicted molar refractivity (Wildman–Crippen MR) is 147 cm³/mol. The van der Waals surface area contributed by atoms with E-state index >= 15 is 0 Å². The second-order valence-electron chi connectivity index (χ2n) is 13.9. The van der Waals surface area contributed by atoms with Crippen molar-refractivity contribution in [1.29, 1.82) is 0 Å². The Hall–Kier alpha value is 0.116. The molecule has 0 bridgehead atoms. The van der Waals surface area contributed by atoms with Crippen LogP contribution in [0.3, 0.4) is 0 Å². The van der Waals surface area contributed by atoms with Crippen molar-refractivity contribution in [2.45, 2.75) is 111 Å². The van der Waals surface area contributed by atoms with Gasteiger partial charge < -0.3 is 20.5 Å². The molecule has 4 fully saturated rings. The summed E-state index contributed by atoms with van der Waals surface area (Å²) < 4.78 is 0. The van der Waals surface area contributed by atoms with Crippen molar-refractivity contribution in [3.05, 3.63) is 39.6 Å². The standard InChI is InChI=1S/C28H40O2.C4H8NO.K/c1-16-7-9-26(4)11-12-28(6)19(20(26)13-16)8-10-27(5)21-15-22(29)25(30)18(3)24(21)17(2)14-23(27)28;6-5-3-1-2-4-5;/h14-17,19-20,29-30H,7-13H2,1-6H3;1-4H2;/q;-1;+1. The summed E-state index contributed by atoms with van der Waals surface area (Å²) in [5.74, 6) is 2.87.